The Labute approximate surface area is 386 Å². The number of aliphatic hydroxyl groups excluding tert-OH is 4. The van der Waals surface area contributed by atoms with Crippen LogP contribution < -0.4 is 0 Å². The molecule has 1 aliphatic rings. The summed E-state index contributed by atoms with van der Waals surface area (Å²) < 4.78 is 22.3. The smallest absolute Gasteiger partial charge is 0.306 e. The van der Waals surface area contributed by atoms with Crippen molar-refractivity contribution in [1.29, 1.82) is 0 Å². The van der Waals surface area contributed by atoms with Gasteiger partial charge in [-0.25, -0.2) is 0 Å². The van der Waals surface area contributed by atoms with Crippen LogP contribution in [0, 0.1) is 0 Å². The van der Waals surface area contributed by atoms with Crippen molar-refractivity contribution in [2.24, 2.45) is 0 Å². The van der Waals surface area contributed by atoms with Gasteiger partial charge in [0.2, 0.25) is 0 Å². The van der Waals surface area contributed by atoms with Crippen LogP contribution in [0.4, 0.5) is 0 Å². The Bertz CT molecular complexity index is 1040. The lowest BCUT2D eigenvalue weighted by Gasteiger charge is -2.39. The molecule has 1 saturated heterocycles. The lowest BCUT2D eigenvalue weighted by atomic mass is 9.99. The van der Waals surface area contributed by atoms with E-state index in [0.717, 1.165) is 57.8 Å². The van der Waals surface area contributed by atoms with Gasteiger partial charge in [-0.05, 0) is 38.5 Å². The first-order valence-electron chi connectivity index (χ1n) is 26.8. The van der Waals surface area contributed by atoms with Gasteiger partial charge in [0.1, 0.15) is 31.0 Å². The van der Waals surface area contributed by atoms with Gasteiger partial charge >= 0.3 is 11.9 Å². The molecule has 1 fully saturated rings. The second-order valence-corrected chi connectivity index (χ2v) is 18.7. The van der Waals surface area contributed by atoms with Crippen molar-refractivity contribution in [3.63, 3.8) is 0 Å². The van der Waals surface area contributed by atoms with Crippen molar-refractivity contribution in [2.75, 3.05) is 19.8 Å². The minimum absolute atomic E-state index is 0.216. The van der Waals surface area contributed by atoms with Crippen LogP contribution in [0.25, 0.3) is 0 Å². The standard InChI is InChI=1S/C53H100O10/c1-3-5-7-9-11-13-15-17-19-20-21-22-23-24-25-26-28-30-32-34-36-38-40-42-49(56)62-46(45-61-53-52(59)51(58)50(57)47(43-54)63-53)44-60-48(55)41-39-37-35-33-31-29-27-18-16-14-12-10-8-6-4-2/h18,27,46-47,50-54,57-59H,3-17,19-26,28-45H2,1-2H3/b27-18+/t46-,47-,50+,51?,52?,53-/m1/s1. The van der Waals surface area contributed by atoms with E-state index in [9.17, 15) is 30.0 Å². The van der Waals surface area contributed by atoms with E-state index >= 15 is 0 Å². The first-order chi connectivity index (χ1) is 30.8. The number of esters is 2. The topological polar surface area (TPSA) is 152 Å². The zero-order valence-corrected chi connectivity index (χ0v) is 40.8. The Morgan fingerprint density at radius 1 is 0.476 bits per heavy atom. The molecule has 0 bridgehead atoms. The maximum atomic E-state index is 12.8. The molecule has 0 aromatic carbocycles. The summed E-state index contributed by atoms with van der Waals surface area (Å²) in [7, 11) is 0. The number of hydrogen-bond acceptors (Lipinski definition) is 10. The maximum absolute atomic E-state index is 12.8. The molecule has 63 heavy (non-hydrogen) atoms. The molecule has 372 valence electrons. The molecule has 0 aliphatic carbocycles. The zero-order valence-electron chi connectivity index (χ0n) is 40.8. The fraction of sp³-hybridized carbons (Fsp3) is 0.925. The number of aliphatic hydroxyl groups is 4. The second-order valence-electron chi connectivity index (χ2n) is 18.7. The van der Waals surface area contributed by atoms with E-state index in [2.05, 4.69) is 26.0 Å². The van der Waals surface area contributed by atoms with Crippen LogP contribution in [0.2, 0.25) is 0 Å². The van der Waals surface area contributed by atoms with Crippen molar-refractivity contribution in [1.82, 2.24) is 0 Å². The summed E-state index contributed by atoms with van der Waals surface area (Å²) in [6, 6.07) is 0. The van der Waals surface area contributed by atoms with Crippen molar-refractivity contribution >= 4 is 11.9 Å². The van der Waals surface area contributed by atoms with E-state index < -0.39 is 49.4 Å². The molecular weight excluding hydrogens is 797 g/mol. The average Bonchev–Trinajstić information content (AvgIpc) is 3.28. The molecular formula is C53H100O10. The van der Waals surface area contributed by atoms with Crippen LogP contribution in [0.3, 0.4) is 0 Å². The lowest BCUT2D eigenvalue weighted by Crippen LogP contribution is -2.59. The third-order valence-electron chi connectivity index (χ3n) is 12.7. The number of carbonyl (C=O) groups excluding carboxylic acids is 2. The molecule has 0 aromatic heterocycles. The second kappa shape index (κ2) is 44.3. The molecule has 10 heteroatoms. The third kappa shape index (κ3) is 35.3. The molecule has 6 atom stereocenters. The molecule has 0 radical (unpaired) electrons. The molecule has 0 aromatic rings. The van der Waals surface area contributed by atoms with Gasteiger partial charge in [0, 0.05) is 12.8 Å². The van der Waals surface area contributed by atoms with E-state index in [0.29, 0.717) is 6.42 Å². The van der Waals surface area contributed by atoms with Crippen LogP contribution in [0.15, 0.2) is 12.2 Å². The minimum Gasteiger partial charge on any atom is -0.462 e. The monoisotopic (exact) mass is 897 g/mol. The summed E-state index contributed by atoms with van der Waals surface area (Å²) in [6.45, 7) is 3.46. The summed E-state index contributed by atoms with van der Waals surface area (Å²) in [5.41, 5.74) is 0. The first kappa shape index (κ1) is 59.5. The summed E-state index contributed by atoms with van der Waals surface area (Å²) in [5, 5.41) is 40.2. The van der Waals surface area contributed by atoms with Gasteiger partial charge in [-0.2, -0.15) is 0 Å². The molecule has 0 spiro atoms. The van der Waals surface area contributed by atoms with Gasteiger partial charge < -0.3 is 39.4 Å². The highest BCUT2D eigenvalue weighted by Crippen LogP contribution is 2.23. The largest absolute Gasteiger partial charge is 0.462 e. The summed E-state index contributed by atoms with van der Waals surface area (Å²) >= 11 is 0. The van der Waals surface area contributed by atoms with E-state index in [1.54, 1.807) is 0 Å². The van der Waals surface area contributed by atoms with E-state index in [-0.39, 0.29) is 32.0 Å². The molecule has 10 nitrogen and oxygen atoms in total. The van der Waals surface area contributed by atoms with Crippen LogP contribution in [-0.4, -0.2) is 89.0 Å². The van der Waals surface area contributed by atoms with E-state index in [1.807, 2.05) is 0 Å². The first-order valence-corrected chi connectivity index (χ1v) is 26.8. The fourth-order valence-electron chi connectivity index (χ4n) is 8.42. The van der Waals surface area contributed by atoms with Crippen molar-refractivity contribution in [2.45, 2.75) is 295 Å². The third-order valence-corrected chi connectivity index (χ3v) is 12.7. The van der Waals surface area contributed by atoms with Crippen molar-refractivity contribution in [3.05, 3.63) is 12.2 Å². The Morgan fingerprint density at radius 3 is 1.24 bits per heavy atom. The van der Waals surface area contributed by atoms with Gasteiger partial charge in [0.25, 0.3) is 0 Å². The number of carbonyl (C=O) groups is 2. The van der Waals surface area contributed by atoms with Crippen LogP contribution in [0.1, 0.15) is 258 Å². The van der Waals surface area contributed by atoms with E-state index in [4.69, 9.17) is 18.9 Å². The van der Waals surface area contributed by atoms with Crippen molar-refractivity contribution in [3.8, 4) is 0 Å². The molecule has 4 N–H and O–H groups in total. The van der Waals surface area contributed by atoms with Gasteiger partial charge in [0.05, 0.1) is 13.2 Å². The normalized spacial score (nSPS) is 19.5. The van der Waals surface area contributed by atoms with Gasteiger partial charge in [-0.15, -0.1) is 0 Å². The number of unbranched alkanes of at least 4 members (excludes halogenated alkanes) is 33. The van der Waals surface area contributed by atoms with E-state index in [1.165, 1.54) is 167 Å². The quantitative estimate of drug-likeness (QED) is 0.0264. The van der Waals surface area contributed by atoms with Crippen LogP contribution in [0.5, 0.6) is 0 Å². The summed E-state index contributed by atoms with van der Waals surface area (Å²) in [6.07, 6.45) is 42.3. The number of allylic oxidation sites excluding steroid dienone is 2. The minimum atomic E-state index is -1.59. The Hall–Kier alpha value is -1.56. The number of hydrogen-bond donors (Lipinski definition) is 4. The SMILES string of the molecule is CCCCCCCC/C=C/CCCCCCCC(=O)OC[C@H](CO[C@@H]1O[C@H](CO)[C@H](O)C(O)C1O)OC(=O)CCCCCCCCCCCCCCCCCCCCCCCCC. The molecule has 0 amide bonds. The fourth-order valence-corrected chi connectivity index (χ4v) is 8.42. The predicted molar refractivity (Wildman–Crippen MR) is 256 cm³/mol. The Morgan fingerprint density at radius 2 is 0.841 bits per heavy atom. The predicted octanol–water partition coefficient (Wildman–Crippen LogP) is 12.7. The van der Waals surface area contributed by atoms with Gasteiger partial charge in [0.15, 0.2) is 12.4 Å². The molecule has 1 rings (SSSR count). The zero-order chi connectivity index (χ0) is 45.9. The highest BCUT2D eigenvalue weighted by Gasteiger charge is 2.44. The van der Waals surface area contributed by atoms with Gasteiger partial charge in [-0.1, -0.05) is 219 Å². The molecule has 1 aliphatic heterocycles. The van der Waals surface area contributed by atoms with Crippen LogP contribution in [-0.2, 0) is 28.5 Å². The van der Waals surface area contributed by atoms with Gasteiger partial charge in [-0.3, -0.25) is 9.59 Å². The number of ether oxygens (including phenoxy) is 4. The molecule has 1 heterocycles. The van der Waals surface area contributed by atoms with Crippen LogP contribution >= 0.6 is 0 Å². The Kier molecular flexibility index (Phi) is 41.8. The molecule has 0 saturated carbocycles. The molecule has 2 unspecified atom stereocenters. The average molecular weight is 897 g/mol. The highest BCUT2D eigenvalue weighted by molar-refractivity contribution is 5.70. The van der Waals surface area contributed by atoms with Crippen molar-refractivity contribution < 1.29 is 49.0 Å². The number of rotatable bonds is 46. The summed E-state index contributed by atoms with van der Waals surface area (Å²) in [5.74, 6) is -0.800. The summed E-state index contributed by atoms with van der Waals surface area (Å²) in [4.78, 5) is 25.4. The highest BCUT2D eigenvalue weighted by atomic mass is 16.7. The Balaban J connectivity index is 2.21. The lowest BCUT2D eigenvalue weighted by molar-refractivity contribution is -0.305. The maximum Gasteiger partial charge on any atom is 0.306 e.